The Balaban J connectivity index is 0.000000696. The quantitative estimate of drug-likeness (QED) is 0.0216. The molecule has 0 N–H and O–H groups in total. The molecule has 0 saturated heterocycles. The van der Waals surface area contributed by atoms with Crippen LogP contribution < -0.4 is 0 Å². The molecule has 0 atom stereocenters. The Morgan fingerprint density at radius 3 is 0.632 bits per heavy atom. The van der Waals surface area contributed by atoms with E-state index in [9.17, 15) is 11.1 Å². The molecular formula is C70H102N4NiPd. The van der Waals surface area contributed by atoms with Crippen molar-refractivity contribution in [1.29, 1.82) is 0 Å². The average molecular weight is 1160 g/mol. The van der Waals surface area contributed by atoms with Crippen molar-refractivity contribution in [3.63, 3.8) is 0 Å². The summed E-state index contributed by atoms with van der Waals surface area (Å²) in [7, 11) is 0. The van der Waals surface area contributed by atoms with E-state index in [-0.39, 0.29) is 36.9 Å². The normalized spacial score (nSPS) is 12.9. The van der Waals surface area contributed by atoms with Crippen molar-refractivity contribution in [2.75, 3.05) is 0 Å². The van der Waals surface area contributed by atoms with Gasteiger partial charge in [0.1, 0.15) is 0 Å². The molecule has 0 aliphatic carbocycles. The first kappa shape index (κ1) is 70.2. The molecule has 0 spiro atoms. The summed E-state index contributed by atoms with van der Waals surface area (Å²) in [5, 5.41) is 0. The first-order valence-electron chi connectivity index (χ1n) is 30.0. The van der Waals surface area contributed by atoms with Gasteiger partial charge in [0, 0.05) is 61.0 Å². The fourth-order valence-corrected chi connectivity index (χ4v) is 10.2. The molecule has 0 saturated carbocycles. The summed E-state index contributed by atoms with van der Waals surface area (Å²) in [6, 6.07) is 35.8. The van der Waals surface area contributed by atoms with E-state index >= 15 is 0 Å². The molecule has 0 bridgehead atoms. The smallest absolute Gasteiger partial charge is 0.493 e. The molecule has 0 fully saturated rings. The minimum absolute atomic E-state index is 0. The summed E-state index contributed by atoms with van der Waals surface area (Å²) in [5.74, 6) is 0. The second kappa shape index (κ2) is 41.3. The van der Waals surface area contributed by atoms with Crippen LogP contribution in [0.2, 0.25) is 0 Å². The SMILES string of the molecule is CCCCCc1ccc(C2=C(CCCC)C(CCCC)=C(c3ccc(CCCC)cc3)[N+]2=[N-])cc1.CCCCCc1ccc(C2=C(CCCC)C(CCCC)=C(c3ccc(CCCC)cc3)[N+]2=[N-])cc1.[CH2-]C.[CH2-]C.[Ni].[Pd+2]. The Labute approximate surface area is 490 Å². The second-order valence-corrected chi connectivity index (χ2v) is 20.3. The number of benzene rings is 4. The van der Waals surface area contributed by atoms with Crippen molar-refractivity contribution in [3.05, 3.63) is 189 Å². The van der Waals surface area contributed by atoms with Crippen LogP contribution >= 0.6 is 0 Å². The third-order valence-corrected chi connectivity index (χ3v) is 14.5. The van der Waals surface area contributed by atoms with E-state index < -0.39 is 0 Å². The first-order chi connectivity index (χ1) is 36.3. The van der Waals surface area contributed by atoms with E-state index in [0.29, 0.717) is 0 Å². The van der Waals surface area contributed by atoms with Crippen LogP contribution in [-0.2, 0) is 62.6 Å². The molecule has 422 valence electrons. The van der Waals surface area contributed by atoms with Crippen LogP contribution in [0.3, 0.4) is 0 Å². The molecule has 0 amide bonds. The first-order valence-corrected chi connectivity index (χ1v) is 30.0. The molecule has 0 aromatic heterocycles. The number of nitrogens with zero attached hydrogens (tertiary/aromatic N) is 4. The van der Waals surface area contributed by atoms with E-state index in [4.69, 9.17) is 0 Å². The third kappa shape index (κ3) is 21.1. The van der Waals surface area contributed by atoms with Gasteiger partial charge in [0.05, 0.1) is 0 Å². The zero-order chi connectivity index (χ0) is 54.1. The fourth-order valence-electron chi connectivity index (χ4n) is 10.2. The van der Waals surface area contributed by atoms with Crippen molar-refractivity contribution in [1.82, 2.24) is 0 Å². The molecule has 4 aromatic rings. The van der Waals surface area contributed by atoms with Crippen molar-refractivity contribution in [2.24, 2.45) is 0 Å². The maximum absolute atomic E-state index is 11.7. The van der Waals surface area contributed by atoms with Gasteiger partial charge in [0.2, 0.25) is 22.8 Å². The topological polar surface area (TPSA) is 50.6 Å². The predicted molar refractivity (Wildman–Crippen MR) is 325 cm³/mol. The number of allylic oxidation sites excluding steroid dienone is 4. The average Bonchev–Trinajstić information content (AvgIpc) is 3.88. The molecule has 2 aliphatic heterocycles. The second-order valence-electron chi connectivity index (χ2n) is 20.3. The van der Waals surface area contributed by atoms with Crippen LogP contribution in [0.15, 0.2) is 119 Å². The Morgan fingerprint density at radius 2 is 0.447 bits per heavy atom. The zero-order valence-electron chi connectivity index (χ0n) is 49.5. The fraction of sp³-hybridized carbons (Fsp3) is 0.514. The van der Waals surface area contributed by atoms with Crippen LogP contribution in [0.5, 0.6) is 0 Å². The molecule has 6 rings (SSSR count). The number of rotatable bonds is 30. The van der Waals surface area contributed by atoms with Gasteiger partial charge in [0.25, 0.3) is 0 Å². The van der Waals surface area contributed by atoms with Crippen molar-refractivity contribution in [2.45, 2.75) is 236 Å². The monoisotopic (exact) mass is 1160 g/mol. The number of hydrogen-bond acceptors (Lipinski definition) is 0. The van der Waals surface area contributed by atoms with Gasteiger partial charge < -0.3 is 24.9 Å². The summed E-state index contributed by atoms with van der Waals surface area (Å²) in [6.45, 7) is 28.0. The van der Waals surface area contributed by atoms with Gasteiger partial charge in [0.15, 0.2) is 0 Å². The Bertz CT molecular complexity index is 2200. The Morgan fingerprint density at radius 1 is 0.276 bits per heavy atom. The van der Waals surface area contributed by atoms with Crippen LogP contribution in [0.25, 0.3) is 33.9 Å². The van der Waals surface area contributed by atoms with Gasteiger partial charge in [-0.1, -0.05) is 168 Å². The van der Waals surface area contributed by atoms with E-state index in [1.165, 1.54) is 118 Å². The van der Waals surface area contributed by atoms with Crippen molar-refractivity contribution >= 4 is 22.8 Å². The van der Waals surface area contributed by atoms with Crippen LogP contribution in [0, 0.1) is 13.8 Å². The molecule has 76 heavy (non-hydrogen) atoms. The van der Waals surface area contributed by atoms with Gasteiger partial charge in [-0.2, -0.15) is 13.8 Å². The summed E-state index contributed by atoms with van der Waals surface area (Å²) in [6.07, 6.45) is 30.1. The maximum atomic E-state index is 11.7. The van der Waals surface area contributed by atoms with E-state index in [1.54, 1.807) is 13.8 Å². The van der Waals surface area contributed by atoms with Gasteiger partial charge in [-0.15, -0.1) is 0 Å². The van der Waals surface area contributed by atoms with Crippen molar-refractivity contribution < 1.29 is 46.3 Å². The van der Waals surface area contributed by atoms with Crippen LogP contribution in [-0.4, -0.2) is 9.39 Å². The van der Waals surface area contributed by atoms with Gasteiger partial charge in [-0.3, -0.25) is 0 Å². The molecule has 6 heteroatoms. The van der Waals surface area contributed by atoms with E-state index in [0.717, 1.165) is 148 Å². The van der Waals surface area contributed by atoms with E-state index in [2.05, 4.69) is 166 Å². The summed E-state index contributed by atoms with van der Waals surface area (Å²) in [5.41, 5.74) is 42.7. The summed E-state index contributed by atoms with van der Waals surface area (Å²) in [4.78, 5) is 0. The molecule has 0 unspecified atom stereocenters. The van der Waals surface area contributed by atoms with E-state index in [1.807, 2.05) is 0 Å². The molecule has 2 heterocycles. The number of unbranched alkanes of at least 4 members (excludes halogenated alkanes) is 10. The van der Waals surface area contributed by atoms with Crippen LogP contribution in [0.4, 0.5) is 0 Å². The third-order valence-electron chi connectivity index (χ3n) is 14.5. The standard InChI is InChI=1S/2C33H46N2.2C2H5.Ni.Pd/c2*1-5-9-13-15-27-20-24-29(25-21-27)33-31(17-12-8-4)30(16-11-7-3)32(35(33)34)28-22-18-26(19-23-28)14-10-6-2;2*1-2;;/h2*18-25H,5-17H2,1-4H3;2*1H2,2H3;;/q;;2*-1;;+2. The molecule has 4 nitrogen and oxygen atoms in total. The number of aryl methyl sites for hydroxylation is 4. The maximum Gasteiger partial charge on any atom is 2.00 e. The van der Waals surface area contributed by atoms with Crippen LogP contribution in [0.1, 0.15) is 255 Å². The summed E-state index contributed by atoms with van der Waals surface area (Å²) < 4.78 is 3.03. The molecule has 4 aromatic carbocycles. The van der Waals surface area contributed by atoms with Gasteiger partial charge in [-0.05, 0) is 174 Å². The molecule has 0 radical (unpaired) electrons. The zero-order valence-corrected chi connectivity index (χ0v) is 52.0. The minimum Gasteiger partial charge on any atom is -0.493 e. The predicted octanol–water partition coefficient (Wildman–Crippen LogP) is 22.3. The minimum atomic E-state index is 0. The summed E-state index contributed by atoms with van der Waals surface area (Å²) >= 11 is 0. The molecule has 2 aliphatic rings. The van der Waals surface area contributed by atoms with Gasteiger partial charge >= 0.3 is 20.4 Å². The molecular weight excluding hydrogens is 1060 g/mol. The Kier molecular flexibility index (Phi) is 38.1. The Hall–Kier alpha value is -3.80. The largest absolute Gasteiger partial charge is 2.00 e. The van der Waals surface area contributed by atoms with Gasteiger partial charge in [-0.25, -0.2) is 9.39 Å². The van der Waals surface area contributed by atoms with Crippen molar-refractivity contribution in [3.8, 4) is 0 Å². The number of hydrogen-bond donors (Lipinski definition) is 0.